The Morgan fingerprint density at radius 3 is 2.40 bits per heavy atom. The third kappa shape index (κ3) is 5.40. The molecule has 3 aliphatic rings. The van der Waals surface area contributed by atoms with E-state index < -0.39 is 5.60 Å². The summed E-state index contributed by atoms with van der Waals surface area (Å²) >= 11 is 0. The number of ether oxygens (including phenoxy) is 1. The number of aromatic nitrogens is 2. The van der Waals surface area contributed by atoms with Gasteiger partial charge in [-0.2, -0.15) is 4.98 Å². The van der Waals surface area contributed by atoms with E-state index in [0.29, 0.717) is 24.4 Å². The van der Waals surface area contributed by atoms with Crippen molar-refractivity contribution in [2.45, 2.75) is 101 Å². The number of carbonyl (C=O) groups excluding carboxylic acids is 1. The number of nitrogens with zero attached hydrogens (tertiary/aromatic N) is 4. The van der Waals surface area contributed by atoms with Gasteiger partial charge in [-0.05, 0) is 85.4 Å². The molecule has 0 spiro atoms. The Hall–Kier alpha value is -2.41. The summed E-state index contributed by atoms with van der Waals surface area (Å²) in [6, 6.07) is 11.3. The van der Waals surface area contributed by atoms with Crippen molar-refractivity contribution in [3.8, 4) is 0 Å². The fraction of sp³-hybridized carbons (Fsp3) is 0.679. The van der Waals surface area contributed by atoms with Gasteiger partial charge in [0.2, 0.25) is 5.89 Å². The highest BCUT2D eigenvalue weighted by Gasteiger charge is 2.55. The normalized spacial score (nSPS) is 27.5. The highest BCUT2D eigenvalue weighted by Crippen LogP contribution is 2.52. The molecule has 1 aromatic carbocycles. The molecule has 0 radical (unpaired) electrons. The zero-order valence-electron chi connectivity index (χ0n) is 21.9. The lowest BCUT2D eigenvalue weighted by atomic mass is 9.85. The summed E-state index contributed by atoms with van der Waals surface area (Å²) in [7, 11) is 4.32. The molecule has 1 amide bonds. The summed E-state index contributed by atoms with van der Waals surface area (Å²) in [4.78, 5) is 22.5. The van der Waals surface area contributed by atoms with Crippen molar-refractivity contribution < 1.29 is 14.1 Å². The number of rotatable bonds is 7. The van der Waals surface area contributed by atoms with Crippen LogP contribution in [0.2, 0.25) is 0 Å². The summed E-state index contributed by atoms with van der Waals surface area (Å²) < 4.78 is 11.6. The molecular weight excluding hydrogens is 440 g/mol. The summed E-state index contributed by atoms with van der Waals surface area (Å²) in [5.74, 6) is 2.25. The summed E-state index contributed by atoms with van der Waals surface area (Å²) in [6.07, 6.45) is 7.17. The predicted molar refractivity (Wildman–Crippen MR) is 134 cm³/mol. The van der Waals surface area contributed by atoms with Crippen LogP contribution in [0.3, 0.4) is 0 Å². The minimum Gasteiger partial charge on any atom is -0.444 e. The molecule has 0 aliphatic heterocycles. The molecule has 0 saturated heterocycles. The first-order valence-electron chi connectivity index (χ1n) is 13.2. The van der Waals surface area contributed by atoms with Gasteiger partial charge in [-0.3, -0.25) is 0 Å². The van der Waals surface area contributed by atoms with Crippen molar-refractivity contribution in [2.24, 2.45) is 0 Å². The van der Waals surface area contributed by atoms with Gasteiger partial charge in [0.15, 0.2) is 5.82 Å². The minimum atomic E-state index is -0.534. The summed E-state index contributed by atoms with van der Waals surface area (Å²) in [5.41, 5.74) is 0.531. The lowest BCUT2D eigenvalue weighted by molar-refractivity contribution is 0.0208. The number of carbonyl (C=O) groups is 1. The van der Waals surface area contributed by atoms with Crippen LogP contribution in [0.1, 0.15) is 94.8 Å². The largest absolute Gasteiger partial charge is 0.444 e. The van der Waals surface area contributed by atoms with Crippen LogP contribution in [-0.2, 0) is 10.2 Å². The monoisotopic (exact) mass is 480 g/mol. The van der Waals surface area contributed by atoms with Gasteiger partial charge in [-0.1, -0.05) is 35.5 Å². The Bertz CT molecular complexity index is 1020. The molecule has 3 fully saturated rings. The molecule has 2 aromatic rings. The maximum atomic E-state index is 13.3. The van der Waals surface area contributed by atoms with E-state index in [9.17, 15) is 4.79 Å². The van der Waals surface area contributed by atoms with Crippen molar-refractivity contribution >= 4 is 6.09 Å². The zero-order valence-corrected chi connectivity index (χ0v) is 21.9. The first-order valence-corrected chi connectivity index (χ1v) is 13.2. The van der Waals surface area contributed by atoms with E-state index in [-0.39, 0.29) is 17.6 Å². The topological polar surface area (TPSA) is 71.7 Å². The molecule has 0 bridgehead atoms. The molecule has 1 aromatic heterocycles. The van der Waals surface area contributed by atoms with Gasteiger partial charge in [0.1, 0.15) is 5.60 Å². The lowest BCUT2D eigenvalue weighted by Crippen LogP contribution is -2.43. The van der Waals surface area contributed by atoms with Crippen LogP contribution in [0.4, 0.5) is 4.79 Å². The van der Waals surface area contributed by atoms with Crippen molar-refractivity contribution in [1.82, 2.24) is 19.9 Å². The zero-order chi connectivity index (χ0) is 24.8. The molecule has 1 heterocycles. The number of hydrogen-bond donors (Lipinski definition) is 0. The molecule has 3 saturated carbocycles. The second-order valence-electron chi connectivity index (χ2n) is 12.1. The van der Waals surface area contributed by atoms with Crippen molar-refractivity contribution in [3.63, 3.8) is 0 Å². The van der Waals surface area contributed by atoms with Crippen LogP contribution < -0.4 is 0 Å². The summed E-state index contributed by atoms with van der Waals surface area (Å²) in [6.45, 7) is 6.36. The van der Waals surface area contributed by atoms with Gasteiger partial charge >= 0.3 is 6.09 Å². The SMILES string of the molecule is CN(C)[C@H]1CC[C@@H](c2nc(C3(CN(C(=O)OC(C)(C)C)[C@@H]4C[C@H]4c4ccccc4)CC3)no2)CC1. The van der Waals surface area contributed by atoms with Crippen LogP contribution in [0.25, 0.3) is 0 Å². The van der Waals surface area contributed by atoms with E-state index in [0.717, 1.165) is 56.7 Å². The van der Waals surface area contributed by atoms with Gasteiger partial charge < -0.3 is 19.1 Å². The van der Waals surface area contributed by atoms with E-state index in [1.807, 2.05) is 31.7 Å². The fourth-order valence-corrected chi connectivity index (χ4v) is 5.61. The Morgan fingerprint density at radius 2 is 1.80 bits per heavy atom. The van der Waals surface area contributed by atoms with E-state index in [1.165, 1.54) is 5.56 Å². The fourth-order valence-electron chi connectivity index (χ4n) is 5.61. The lowest BCUT2D eigenvalue weighted by Gasteiger charge is -2.31. The Labute approximate surface area is 209 Å². The first-order chi connectivity index (χ1) is 16.7. The van der Waals surface area contributed by atoms with E-state index in [1.54, 1.807) is 0 Å². The third-order valence-corrected chi connectivity index (χ3v) is 8.03. The van der Waals surface area contributed by atoms with Gasteiger partial charge in [0.25, 0.3) is 0 Å². The Morgan fingerprint density at radius 1 is 1.11 bits per heavy atom. The molecule has 0 unspecified atom stereocenters. The Balaban J connectivity index is 1.30. The maximum absolute atomic E-state index is 13.3. The van der Waals surface area contributed by atoms with E-state index in [2.05, 4.69) is 48.4 Å². The molecule has 190 valence electrons. The highest BCUT2D eigenvalue weighted by atomic mass is 16.6. The minimum absolute atomic E-state index is 0.150. The quantitative estimate of drug-likeness (QED) is 0.522. The molecule has 0 N–H and O–H groups in total. The smallest absolute Gasteiger partial charge is 0.410 e. The average molecular weight is 481 g/mol. The molecule has 2 atom stereocenters. The standard InChI is InChI=1S/C28H40N4O3/c1-27(2,3)34-26(33)32(23-17-22(23)19-9-7-6-8-10-19)18-28(15-16-28)25-29-24(35-30-25)20-11-13-21(14-12-20)31(4)5/h6-10,20-23H,11-18H2,1-5H3/t20-,21+,22-,23+/m0/s1. The molecule has 35 heavy (non-hydrogen) atoms. The van der Waals surface area contributed by atoms with Crippen molar-refractivity contribution in [1.29, 1.82) is 0 Å². The van der Waals surface area contributed by atoms with Crippen LogP contribution in [-0.4, -0.2) is 64.4 Å². The van der Waals surface area contributed by atoms with Crippen LogP contribution in [0.15, 0.2) is 34.9 Å². The molecule has 5 rings (SSSR count). The average Bonchev–Trinajstić information content (AvgIpc) is 3.73. The van der Waals surface area contributed by atoms with E-state index >= 15 is 0 Å². The van der Waals surface area contributed by atoms with Gasteiger partial charge in [-0.25, -0.2) is 4.79 Å². The van der Waals surface area contributed by atoms with Crippen molar-refractivity contribution in [3.05, 3.63) is 47.6 Å². The van der Waals surface area contributed by atoms with Gasteiger partial charge in [0, 0.05) is 30.5 Å². The van der Waals surface area contributed by atoms with Gasteiger partial charge in [0.05, 0.1) is 5.41 Å². The van der Waals surface area contributed by atoms with Crippen LogP contribution in [0, 0.1) is 0 Å². The van der Waals surface area contributed by atoms with Crippen molar-refractivity contribution in [2.75, 3.05) is 20.6 Å². The first kappa shape index (κ1) is 24.3. The molecule has 7 heteroatoms. The second kappa shape index (κ2) is 9.23. The van der Waals surface area contributed by atoms with Gasteiger partial charge in [-0.15, -0.1) is 0 Å². The second-order valence-corrected chi connectivity index (χ2v) is 12.1. The van der Waals surface area contributed by atoms with Crippen LogP contribution >= 0.6 is 0 Å². The summed E-state index contributed by atoms with van der Waals surface area (Å²) in [5, 5.41) is 4.45. The highest BCUT2D eigenvalue weighted by molar-refractivity contribution is 5.70. The maximum Gasteiger partial charge on any atom is 0.410 e. The van der Waals surface area contributed by atoms with E-state index in [4.69, 9.17) is 14.2 Å². The number of hydrogen-bond acceptors (Lipinski definition) is 6. The number of benzene rings is 1. The molecule has 3 aliphatic carbocycles. The van der Waals surface area contributed by atoms with Crippen LogP contribution in [0.5, 0.6) is 0 Å². The Kier molecular flexibility index (Phi) is 6.41. The number of amides is 1. The third-order valence-electron chi connectivity index (χ3n) is 8.03. The molecule has 7 nitrogen and oxygen atoms in total. The predicted octanol–water partition coefficient (Wildman–Crippen LogP) is 5.48. The molecular formula is C28H40N4O3.